The summed E-state index contributed by atoms with van der Waals surface area (Å²) >= 11 is 1.37. The number of carbonyl (C=O) groups excluding carboxylic acids is 2. The summed E-state index contributed by atoms with van der Waals surface area (Å²) in [7, 11) is 0. The minimum Gasteiger partial charge on any atom is -0.349 e. The first-order chi connectivity index (χ1) is 10.0. The molecule has 0 radical (unpaired) electrons. The maximum atomic E-state index is 12.3. The minimum absolute atomic E-state index is 0.0390. The van der Waals surface area contributed by atoms with E-state index in [-0.39, 0.29) is 23.8 Å². The topological polar surface area (TPSA) is 62.3 Å². The van der Waals surface area contributed by atoms with Gasteiger partial charge in [-0.25, -0.2) is 4.98 Å². The van der Waals surface area contributed by atoms with E-state index in [9.17, 15) is 9.59 Å². The maximum absolute atomic E-state index is 12.3. The van der Waals surface area contributed by atoms with Gasteiger partial charge in [-0.15, -0.1) is 11.3 Å². The van der Waals surface area contributed by atoms with Gasteiger partial charge in [0, 0.05) is 25.6 Å². The summed E-state index contributed by atoms with van der Waals surface area (Å²) < 4.78 is 0. The number of amides is 2. The van der Waals surface area contributed by atoms with Crippen LogP contribution in [-0.4, -0.2) is 40.8 Å². The smallest absolute Gasteiger partial charge is 0.263 e. The Kier molecular flexibility index (Phi) is 5.33. The van der Waals surface area contributed by atoms with E-state index in [4.69, 9.17) is 0 Å². The van der Waals surface area contributed by atoms with Crippen LogP contribution in [0.1, 0.15) is 61.3 Å². The van der Waals surface area contributed by atoms with Gasteiger partial charge in [-0.3, -0.25) is 9.59 Å². The predicted octanol–water partition coefficient (Wildman–Crippen LogP) is 2.40. The maximum Gasteiger partial charge on any atom is 0.263 e. The van der Waals surface area contributed by atoms with E-state index in [0.29, 0.717) is 17.8 Å². The highest BCUT2D eigenvalue weighted by atomic mass is 32.1. The molecule has 0 aliphatic carbocycles. The molecular formula is C15H23N3O2S. The number of thiazole rings is 1. The molecule has 1 N–H and O–H groups in total. The molecule has 2 amide bonds. The summed E-state index contributed by atoms with van der Waals surface area (Å²) in [4.78, 5) is 30.9. The van der Waals surface area contributed by atoms with Crippen LogP contribution in [0.3, 0.4) is 0 Å². The first kappa shape index (κ1) is 15.9. The number of rotatable bonds is 5. The first-order valence-corrected chi connectivity index (χ1v) is 8.39. The molecule has 2 rings (SSSR count). The first-order valence-electron chi connectivity index (χ1n) is 7.51. The van der Waals surface area contributed by atoms with Gasteiger partial charge < -0.3 is 10.2 Å². The third-order valence-corrected chi connectivity index (χ3v) is 4.64. The number of piperidine rings is 1. The van der Waals surface area contributed by atoms with Crippen LogP contribution < -0.4 is 5.32 Å². The van der Waals surface area contributed by atoms with E-state index in [1.807, 2.05) is 25.7 Å². The standard InChI is InChI=1S/C15H23N3O2S/c1-10(2)13-14(21-9-17-13)15(20)16-8-11(3)18-7-5-4-6-12(18)19/h9-11H,4-8H2,1-3H3,(H,16,20). The second-order valence-corrected chi connectivity index (χ2v) is 6.68. The van der Waals surface area contributed by atoms with Crippen LogP contribution in [0.15, 0.2) is 5.51 Å². The second-order valence-electron chi connectivity index (χ2n) is 5.82. The summed E-state index contributed by atoms with van der Waals surface area (Å²) in [5.41, 5.74) is 2.56. The molecule has 1 aromatic rings. The highest BCUT2D eigenvalue weighted by molar-refractivity contribution is 7.11. The van der Waals surface area contributed by atoms with Crippen molar-refractivity contribution in [2.24, 2.45) is 0 Å². The Morgan fingerprint density at radius 2 is 2.19 bits per heavy atom. The van der Waals surface area contributed by atoms with Crippen molar-refractivity contribution in [1.29, 1.82) is 0 Å². The van der Waals surface area contributed by atoms with Crippen molar-refractivity contribution in [3.05, 3.63) is 16.1 Å². The summed E-state index contributed by atoms with van der Waals surface area (Å²) in [6, 6.07) is 0.0390. The average molecular weight is 309 g/mol. The fourth-order valence-electron chi connectivity index (χ4n) is 2.56. The van der Waals surface area contributed by atoms with E-state index in [2.05, 4.69) is 10.3 Å². The monoisotopic (exact) mass is 309 g/mol. The lowest BCUT2D eigenvalue weighted by molar-refractivity contribution is -0.135. The van der Waals surface area contributed by atoms with Gasteiger partial charge in [-0.1, -0.05) is 13.8 Å². The molecule has 0 saturated carbocycles. The SMILES string of the molecule is CC(C)c1ncsc1C(=O)NCC(C)N1CCCCC1=O. The van der Waals surface area contributed by atoms with E-state index >= 15 is 0 Å². The predicted molar refractivity (Wildman–Crippen MR) is 83.6 cm³/mol. The Bertz CT molecular complexity index is 513. The quantitative estimate of drug-likeness (QED) is 0.908. The molecule has 1 atom stereocenters. The molecule has 1 aliphatic heterocycles. The number of hydrogen-bond acceptors (Lipinski definition) is 4. The van der Waals surface area contributed by atoms with Crippen molar-refractivity contribution in [1.82, 2.24) is 15.2 Å². The van der Waals surface area contributed by atoms with Gasteiger partial charge in [-0.2, -0.15) is 0 Å². The normalized spacial score (nSPS) is 17.1. The van der Waals surface area contributed by atoms with Gasteiger partial charge in [0.15, 0.2) is 0 Å². The number of aromatic nitrogens is 1. The van der Waals surface area contributed by atoms with E-state index in [1.165, 1.54) is 11.3 Å². The van der Waals surface area contributed by atoms with Gasteiger partial charge in [-0.05, 0) is 25.7 Å². The van der Waals surface area contributed by atoms with Crippen LogP contribution in [-0.2, 0) is 4.79 Å². The summed E-state index contributed by atoms with van der Waals surface area (Å²) in [6.45, 7) is 7.33. The second kappa shape index (κ2) is 7.02. The van der Waals surface area contributed by atoms with Gasteiger partial charge in [0.2, 0.25) is 5.91 Å². The molecule has 1 saturated heterocycles. The highest BCUT2D eigenvalue weighted by Gasteiger charge is 2.24. The fourth-order valence-corrected chi connectivity index (χ4v) is 3.42. The summed E-state index contributed by atoms with van der Waals surface area (Å²) in [6.07, 6.45) is 2.66. The number of carbonyl (C=O) groups is 2. The Balaban J connectivity index is 1.91. The largest absolute Gasteiger partial charge is 0.349 e. The summed E-state index contributed by atoms with van der Waals surface area (Å²) in [5.74, 6) is 0.347. The summed E-state index contributed by atoms with van der Waals surface area (Å²) in [5, 5.41) is 2.94. The van der Waals surface area contributed by atoms with Crippen molar-refractivity contribution in [2.75, 3.05) is 13.1 Å². The van der Waals surface area contributed by atoms with Crippen LogP contribution in [0.5, 0.6) is 0 Å². The van der Waals surface area contributed by atoms with Gasteiger partial charge in [0.05, 0.1) is 11.2 Å². The zero-order chi connectivity index (χ0) is 15.4. The molecule has 6 heteroatoms. The Labute approximate surface area is 129 Å². The van der Waals surface area contributed by atoms with Gasteiger partial charge in [0.1, 0.15) is 4.88 Å². The zero-order valence-corrected chi connectivity index (χ0v) is 13.7. The van der Waals surface area contributed by atoms with Crippen LogP contribution in [0.25, 0.3) is 0 Å². The fraction of sp³-hybridized carbons (Fsp3) is 0.667. The molecule has 116 valence electrons. The lowest BCUT2D eigenvalue weighted by Gasteiger charge is -2.32. The molecule has 0 spiro atoms. The lowest BCUT2D eigenvalue weighted by atomic mass is 10.1. The molecule has 1 unspecified atom stereocenters. The number of nitrogens with one attached hydrogen (secondary N) is 1. The Morgan fingerprint density at radius 1 is 1.43 bits per heavy atom. The lowest BCUT2D eigenvalue weighted by Crippen LogP contribution is -2.47. The van der Waals surface area contributed by atoms with Crippen molar-refractivity contribution in [3.63, 3.8) is 0 Å². The molecular weight excluding hydrogens is 286 g/mol. The van der Waals surface area contributed by atoms with Crippen molar-refractivity contribution in [2.45, 2.75) is 52.0 Å². The highest BCUT2D eigenvalue weighted by Crippen LogP contribution is 2.21. The van der Waals surface area contributed by atoms with E-state index in [1.54, 1.807) is 5.51 Å². The molecule has 5 nitrogen and oxygen atoms in total. The van der Waals surface area contributed by atoms with Crippen LogP contribution in [0.2, 0.25) is 0 Å². The number of hydrogen-bond donors (Lipinski definition) is 1. The molecule has 1 aromatic heterocycles. The Hall–Kier alpha value is -1.43. The Morgan fingerprint density at radius 3 is 2.86 bits per heavy atom. The number of likely N-dealkylation sites (tertiary alicyclic amines) is 1. The third kappa shape index (κ3) is 3.81. The van der Waals surface area contributed by atoms with E-state index in [0.717, 1.165) is 25.1 Å². The van der Waals surface area contributed by atoms with Crippen molar-refractivity contribution < 1.29 is 9.59 Å². The van der Waals surface area contributed by atoms with Crippen molar-refractivity contribution in [3.8, 4) is 0 Å². The molecule has 1 aliphatic rings. The van der Waals surface area contributed by atoms with E-state index < -0.39 is 0 Å². The average Bonchev–Trinajstić information content (AvgIpc) is 2.94. The third-order valence-electron chi connectivity index (χ3n) is 3.80. The number of nitrogens with zero attached hydrogens (tertiary/aromatic N) is 2. The van der Waals surface area contributed by atoms with Gasteiger partial charge in [0.25, 0.3) is 5.91 Å². The van der Waals surface area contributed by atoms with Crippen molar-refractivity contribution >= 4 is 23.2 Å². The van der Waals surface area contributed by atoms with Crippen LogP contribution in [0.4, 0.5) is 0 Å². The van der Waals surface area contributed by atoms with Crippen LogP contribution in [0, 0.1) is 0 Å². The minimum atomic E-state index is -0.0856. The van der Waals surface area contributed by atoms with Gasteiger partial charge >= 0.3 is 0 Å². The zero-order valence-electron chi connectivity index (χ0n) is 12.9. The molecule has 21 heavy (non-hydrogen) atoms. The molecule has 0 bridgehead atoms. The molecule has 0 aromatic carbocycles. The molecule has 1 fully saturated rings. The molecule has 2 heterocycles. The van der Waals surface area contributed by atoms with Crippen LogP contribution >= 0.6 is 11.3 Å².